The van der Waals surface area contributed by atoms with Gasteiger partial charge in [-0.15, -0.1) is 11.3 Å². The van der Waals surface area contributed by atoms with E-state index in [2.05, 4.69) is 10.1 Å². The van der Waals surface area contributed by atoms with E-state index in [1.807, 2.05) is 17.5 Å². The quantitative estimate of drug-likeness (QED) is 0.539. The fraction of sp³-hybridized carbons (Fsp3) is 0. The summed E-state index contributed by atoms with van der Waals surface area (Å²) >= 11 is 1.50. The molecule has 6 nitrogen and oxygen atoms in total. The number of nitro benzene ring substituents is 1. The van der Waals surface area contributed by atoms with E-state index in [0.717, 1.165) is 4.88 Å². The Hall–Kier alpha value is -2.54. The van der Waals surface area contributed by atoms with Crippen molar-refractivity contribution < 1.29 is 9.45 Å². The summed E-state index contributed by atoms with van der Waals surface area (Å²) in [7, 11) is 0. The minimum Gasteiger partial charge on any atom is -0.334 e. The van der Waals surface area contributed by atoms with Crippen molar-refractivity contribution in [3.63, 3.8) is 0 Å². The number of nitro groups is 1. The third-order valence-electron chi connectivity index (χ3n) is 2.47. The van der Waals surface area contributed by atoms with Gasteiger partial charge < -0.3 is 4.52 Å². The van der Waals surface area contributed by atoms with Crippen LogP contribution in [0.25, 0.3) is 22.2 Å². The Morgan fingerprint density at radius 3 is 2.89 bits per heavy atom. The number of benzene rings is 1. The van der Waals surface area contributed by atoms with E-state index in [1.54, 1.807) is 12.1 Å². The van der Waals surface area contributed by atoms with Gasteiger partial charge in [-0.05, 0) is 17.5 Å². The Labute approximate surface area is 111 Å². The number of hydrogen-bond acceptors (Lipinski definition) is 6. The first-order valence-corrected chi connectivity index (χ1v) is 6.24. The lowest BCUT2D eigenvalue weighted by Crippen LogP contribution is -1.88. The number of nitrogens with zero attached hydrogens (tertiary/aromatic N) is 3. The molecule has 0 saturated heterocycles. The second kappa shape index (κ2) is 4.62. The van der Waals surface area contributed by atoms with Crippen LogP contribution in [0.15, 0.2) is 46.3 Å². The van der Waals surface area contributed by atoms with Crippen molar-refractivity contribution in [1.29, 1.82) is 0 Å². The molecule has 1 aromatic carbocycles. The van der Waals surface area contributed by atoms with E-state index in [1.165, 1.54) is 23.5 Å². The van der Waals surface area contributed by atoms with E-state index in [0.29, 0.717) is 11.4 Å². The number of hydrogen-bond donors (Lipinski definition) is 0. The second-order valence-electron chi connectivity index (χ2n) is 3.71. The van der Waals surface area contributed by atoms with Crippen molar-refractivity contribution in [2.75, 3.05) is 0 Å². The fourth-order valence-corrected chi connectivity index (χ4v) is 2.25. The van der Waals surface area contributed by atoms with E-state index < -0.39 is 4.92 Å². The van der Waals surface area contributed by atoms with Gasteiger partial charge in [0.05, 0.1) is 9.80 Å². The van der Waals surface area contributed by atoms with Crippen LogP contribution in [0.4, 0.5) is 5.69 Å². The maximum absolute atomic E-state index is 10.7. The summed E-state index contributed by atoms with van der Waals surface area (Å²) < 4.78 is 5.13. The van der Waals surface area contributed by atoms with Crippen molar-refractivity contribution in [1.82, 2.24) is 10.1 Å². The molecule has 0 saturated carbocycles. The molecule has 0 bridgehead atoms. The lowest BCUT2D eigenvalue weighted by Gasteiger charge is -1.93. The van der Waals surface area contributed by atoms with Crippen molar-refractivity contribution in [2.24, 2.45) is 0 Å². The summed E-state index contributed by atoms with van der Waals surface area (Å²) in [4.78, 5) is 15.4. The monoisotopic (exact) mass is 273 g/mol. The first-order chi connectivity index (χ1) is 9.24. The molecule has 2 heterocycles. The predicted molar refractivity (Wildman–Crippen MR) is 69.7 cm³/mol. The predicted octanol–water partition coefficient (Wildman–Crippen LogP) is 3.37. The summed E-state index contributed by atoms with van der Waals surface area (Å²) in [5.41, 5.74) is 0.526. The third kappa shape index (κ3) is 2.23. The molecule has 0 aliphatic carbocycles. The molecular weight excluding hydrogens is 266 g/mol. The fourth-order valence-electron chi connectivity index (χ4n) is 1.60. The summed E-state index contributed by atoms with van der Waals surface area (Å²) in [6.07, 6.45) is 0. The number of thiophene rings is 1. The van der Waals surface area contributed by atoms with Crippen molar-refractivity contribution in [3.8, 4) is 22.2 Å². The summed E-state index contributed by atoms with van der Waals surface area (Å²) in [5, 5.41) is 16.5. The SMILES string of the molecule is O=[N+]([O-])c1cccc(-c2nc(-c3cccs3)no2)c1. The number of aromatic nitrogens is 2. The Kier molecular flexibility index (Phi) is 2.81. The number of non-ortho nitro benzene ring substituents is 1. The van der Waals surface area contributed by atoms with Gasteiger partial charge in [-0.3, -0.25) is 10.1 Å². The minimum absolute atomic E-state index is 0.00614. The van der Waals surface area contributed by atoms with Crippen LogP contribution < -0.4 is 0 Å². The second-order valence-corrected chi connectivity index (χ2v) is 4.66. The Morgan fingerprint density at radius 1 is 1.26 bits per heavy atom. The average Bonchev–Trinajstić information content (AvgIpc) is 3.09. The molecule has 0 N–H and O–H groups in total. The maximum Gasteiger partial charge on any atom is 0.270 e. The lowest BCUT2D eigenvalue weighted by atomic mass is 10.2. The van der Waals surface area contributed by atoms with Crippen molar-refractivity contribution in [2.45, 2.75) is 0 Å². The van der Waals surface area contributed by atoms with Crippen LogP contribution in [-0.2, 0) is 0 Å². The van der Waals surface area contributed by atoms with Gasteiger partial charge in [0.15, 0.2) is 0 Å². The molecule has 94 valence electrons. The molecule has 0 unspecified atom stereocenters. The topological polar surface area (TPSA) is 82.1 Å². The molecule has 3 rings (SSSR count). The highest BCUT2D eigenvalue weighted by Gasteiger charge is 2.14. The van der Waals surface area contributed by atoms with Gasteiger partial charge >= 0.3 is 0 Å². The van der Waals surface area contributed by atoms with Crippen LogP contribution in [0, 0.1) is 10.1 Å². The van der Waals surface area contributed by atoms with Crippen molar-refractivity contribution in [3.05, 3.63) is 51.9 Å². The largest absolute Gasteiger partial charge is 0.334 e. The highest BCUT2D eigenvalue weighted by molar-refractivity contribution is 7.13. The van der Waals surface area contributed by atoms with Crippen molar-refractivity contribution >= 4 is 17.0 Å². The molecular formula is C12H7N3O3S. The standard InChI is InChI=1S/C12H7N3O3S/c16-15(17)9-4-1-3-8(7-9)12-13-11(14-18-12)10-5-2-6-19-10/h1-7H. The zero-order chi connectivity index (χ0) is 13.2. The van der Waals surface area contributed by atoms with Crippen LogP contribution in [0.5, 0.6) is 0 Å². The molecule has 0 fully saturated rings. The van der Waals surface area contributed by atoms with Crippen LogP contribution in [0.3, 0.4) is 0 Å². The normalized spacial score (nSPS) is 10.5. The average molecular weight is 273 g/mol. The van der Waals surface area contributed by atoms with E-state index in [9.17, 15) is 10.1 Å². The third-order valence-corrected chi connectivity index (χ3v) is 3.34. The van der Waals surface area contributed by atoms with Crippen LogP contribution >= 0.6 is 11.3 Å². The van der Waals surface area contributed by atoms with Crippen LogP contribution in [0.2, 0.25) is 0 Å². The van der Waals surface area contributed by atoms with Gasteiger partial charge in [-0.25, -0.2) is 0 Å². The molecule has 0 radical (unpaired) electrons. The molecule has 0 aliphatic heterocycles. The zero-order valence-corrected chi connectivity index (χ0v) is 10.3. The Bertz CT molecular complexity index is 721. The van der Waals surface area contributed by atoms with E-state index in [4.69, 9.17) is 4.52 Å². The maximum atomic E-state index is 10.7. The molecule has 2 aromatic heterocycles. The Morgan fingerprint density at radius 2 is 2.16 bits per heavy atom. The smallest absolute Gasteiger partial charge is 0.270 e. The van der Waals surface area contributed by atoms with Gasteiger partial charge in [0.25, 0.3) is 11.6 Å². The molecule has 3 aromatic rings. The molecule has 0 spiro atoms. The van der Waals surface area contributed by atoms with Gasteiger partial charge in [0, 0.05) is 17.7 Å². The summed E-state index contributed by atoms with van der Waals surface area (Å²) in [5.74, 6) is 0.753. The van der Waals surface area contributed by atoms with Crippen LogP contribution in [-0.4, -0.2) is 15.1 Å². The first-order valence-electron chi connectivity index (χ1n) is 5.36. The Balaban J connectivity index is 1.99. The molecule has 19 heavy (non-hydrogen) atoms. The zero-order valence-electron chi connectivity index (χ0n) is 9.52. The molecule has 0 aliphatic rings. The van der Waals surface area contributed by atoms with Gasteiger partial charge in [0.2, 0.25) is 5.82 Å². The lowest BCUT2D eigenvalue weighted by molar-refractivity contribution is -0.384. The summed E-state index contributed by atoms with van der Waals surface area (Å²) in [6, 6.07) is 9.88. The molecule has 7 heteroatoms. The highest BCUT2D eigenvalue weighted by Crippen LogP contribution is 2.26. The van der Waals surface area contributed by atoms with Gasteiger partial charge in [-0.2, -0.15) is 4.98 Å². The highest BCUT2D eigenvalue weighted by atomic mass is 32.1. The van der Waals surface area contributed by atoms with E-state index in [-0.39, 0.29) is 11.6 Å². The van der Waals surface area contributed by atoms with E-state index >= 15 is 0 Å². The molecule has 0 amide bonds. The van der Waals surface area contributed by atoms with Gasteiger partial charge in [0.1, 0.15) is 0 Å². The van der Waals surface area contributed by atoms with Gasteiger partial charge in [-0.1, -0.05) is 17.3 Å². The van der Waals surface area contributed by atoms with Crippen LogP contribution in [0.1, 0.15) is 0 Å². The first kappa shape index (κ1) is 11.5. The number of rotatable bonds is 3. The summed E-state index contributed by atoms with van der Waals surface area (Å²) in [6.45, 7) is 0. The minimum atomic E-state index is -0.458. The molecule has 0 atom stereocenters.